The first-order valence-corrected chi connectivity index (χ1v) is 7.74. The fourth-order valence-electron chi connectivity index (χ4n) is 3.73. The molecule has 0 bridgehead atoms. The van der Waals surface area contributed by atoms with Crippen LogP contribution in [0.2, 0.25) is 0 Å². The fourth-order valence-corrected chi connectivity index (χ4v) is 3.73. The molecule has 0 spiro atoms. The van der Waals surface area contributed by atoms with Crippen LogP contribution in [0.3, 0.4) is 0 Å². The topological polar surface area (TPSA) is 85.5 Å². The second-order valence-electron chi connectivity index (χ2n) is 6.46. The molecule has 6 nitrogen and oxygen atoms in total. The summed E-state index contributed by atoms with van der Waals surface area (Å²) in [5.74, 6) is 0.644. The summed E-state index contributed by atoms with van der Waals surface area (Å²) in [6.45, 7) is 2.75. The number of aromatic nitrogens is 2. The molecule has 1 N–H and O–H groups in total. The van der Waals surface area contributed by atoms with Crippen LogP contribution < -0.4 is 0 Å². The molecule has 0 aromatic carbocycles. The van der Waals surface area contributed by atoms with Crippen LogP contribution in [0, 0.1) is 5.41 Å². The Bertz CT molecular complexity index is 508. The Morgan fingerprint density at radius 3 is 2.76 bits per heavy atom. The summed E-state index contributed by atoms with van der Waals surface area (Å²) in [5, 5.41) is 17.4. The standard InChI is InChI=1S/C15H22N2O4/c1-10-11(4-7-20-10)14-17-16-12(21-14)8-15(9-13(18)19)5-2-3-6-15/h10-11H,2-9H2,1H3,(H,18,19). The highest BCUT2D eigenvalue weighted by molar-refractivity contribution is 5.67. The summed E-state index contributed by atoms with van der Waals surface area (Å²) in [4.78, 5) is 11.1. The maximum absolute atomic E-state index is 11.1. The van der Waals surface area contributed by atoms with Crippen molar-refractivity contribution in [3.63, 3.8) is 0 Å². The van der Waals surface area contributed by atoms with Gasteiger partial charge in [-0.1, -0.05) is 12.8 Å². The molecule has 2 fully saturated rings. The number of aliphatic carboxylic acids is 1. The molecule has 1 saturated heterocycles. The summed E-state index contributed by atoms with van der Waals surface area (Å²) in [5.41, 5.74) is -0.201. The van der Waals surface area contributed by atoms with Gasteiger partial charge in [-0.2, -0.15) is 0 Å². The van der Waals surface area contributed by atoms with E-state index < -0.39 is 5.97 Å². The number of hydrogen-bond acceptors (Lipinski definition) is 5. The normalized spacial score (nSPS) is 28.0. The van der Waals surface area contributed by atoms with Crippen molar-refractivity contribution < 1.29 is 19.1 Å². The molecule has 3 rings (SSSR count). The van der Waals surface area contributed by atoms with E-state index in [-0.39, 0.29) is 23.9 Å². The van der Waals surface area contributed by atoms with Crippen LogP contribution in [0.4, 0.5) is 0 Å². The molecular weight excluding hydrogens is 272 g/mol. The Balaban J connectivity index is 1.72. The summed E-state index contributed by atoms with van der Waals surface area (Å²) in [6.07, 6.45) is 5.81. The van der Waals surface area contributed by atoms with Crippen molar-refractivity contribution in [2.45, 2.75) is 63.9 Å². The lowest BCUT2D eigenvalue weighted by molar-refractivity contribution is -0.139. The first kappa shape index (κ1) is 14.5. The smallest absolute Gasteiger partial charge is 0.303 e. The lowest BCUT2D eigenvalue weighted by Gasteiger charge is -2.25. The highest BCUT2D eigenvalue weighted by Crippen LogP contribution is 2.44. The minimum Gasteiger partial charge on any atom is -0.481 e. The lowest BCUT2D eigenvalue weighted by Crippen LogP contribution is -2.24. The van der Waals surface area contributed by atoms with Crippen molar-refractivity contribution in [3.8, 4) is 0 Å². The summed E-state index contributed by atoms with van der Waals surface area (Å²) >= 11 is 0. The highest BCUT2D eigenvalue weighted by atomic mass is 16.5. The number of carboxylic acid groups (broad SMARTS) is 1. The highest BCUT2D eigenvalue weighted by Gasteiger charge is 2.38. The van der Waals surface area contributed by atoms with Crippen molar-refractivity contribution in [3.05, 3.63) is 11.8 Å². The molecule has 2 heterocycles. The molecule has 1 aliphatic carbocycles. The average molecular weight is 294 g/mol. The van der Waals surface area contributed by atoms with E-state index >= 15 is 0 Å². The van der Waals surface area contributed by atoms with Crippen molar-refractivity contribution in [2.24, 2.45) is 5.41 Å². The zero-order valence-corrected chi connectivity index (χ0v) is 12.4. The molecule has 1 aromatic rings. The van der Waals surface area contributed by atoms with Crippen LogP contribution in [0.15, 0.2) is 4.42 Å². The Kier molecular flexibility index (Phi) is 3.97. The molecule has 116 valence electrons. The average Bonchev–Trinajstić information content (AvgIpc) is 3.11. The number of hydrogen-bond donors (Lipinski definition) is 1. The maximum Gasteiger partial charge on any atom is 0.303 e. The zero-order valence-electron chi connectivity index (χ0n) is 12.4. The number of nitrogens with zero attached hydrogens (tertiary/aromatic N) is 2. The van der Waals surface area contributed by atoms with E-state index in [2.05, 4.69) is 10.2 Å². The third kappa shape index (κ3) is 3.10. The molecule has 21 heavy (non-hydrogen) atoms. The van der Waals surface area contributed by atoms with Crippen LogP contribution in [0.25, 0.3) is 0 Å². The predicted octanol–water partition coefficient (Wildman–Crippen LogP) is 2.54. The van der Waals surface area contributed by atoms with Crippen LogP contribution in [-0.4, -0.2) is 34.0 Å². The van der Waals surface area contributed by atoms with Gasteiger partial charge in [-0.15, -0.1) is 10.2 Å². The van der Waals surface area contributed by atoms with Gasteiger partial charge in [0.2, 0.25) is 11.8 Å². The molecular formula is C15H22N2O4. The molecule has 0 radical (unpaired) electrons. The quantitative estimate of drug-likeness (QED) is 0.898. The zero-order chi connectivity index (χ0) is 14.9. The second-order valence-corrected chi connectivity index (χ2v) is 6.46. The number of ether oxygens (including phenoxy) is 1. The van der Waals surface area contributed by atoms with E-state index in [1.165, 1.54) is 0 Å². The van der Waals surface area contributed by atoms with Crippen LogP contribution in [0.5, 0.6) is 0 Å². The van der Waals surface area contributed by atoms with E-state index in [1.54, 1.807) is 0 Å². The molecule has 2 atom stereocenters. The Hall–Kier alpha value is -1.43. The van der Waals surface area contributed by atoms with Gasteiger partial charge >= 0.3 is 5.97 Å². The Morgan fingerprint density at radius 2 is 2.14 bits per heavy atom. The Morgan fingerprint density at radius 1 is 1.38 bits per heavy atom. The summed E-state index contributed by atoms with van der Waals surface area (Å²) in [6, 6.07) is 0. The van der Waals surface area contributed by atoms with Crippen LogP contribution in [0.1, 0.15) is 63.1 Å². The fraction of sp³-hybridized carbons (Fsp3) is 0.800. The molecule has 6 heteroatoms. The van der Waals surface area contributed by atoms with Gasteiger partial charge < -0.3 is 14.3 Å². The molecule has 1 saturated carbocycles. The molecule has 2 unspecified atom stereocenters. The van der Waals surface area contributed by atoms with E-state index in [9.17, 15) is 4.79 Å². The van der Waals surface area contributed by atoms with Gasteiger partial charge in [0.15, 0.2) is 0 Å². The monoisotopic (exact) mass is 294 g/mol. The lowest BCUT2D eigenvalue weighted by atomic mass is 9.79. The van der Waals surface area contributed by atoms with Crippen LogP contribution in [-0.2, 0) is 16.0 Å². The van der Waals surface area contributed by atoms with E-state index in [1.807, 2.05) is 6.92 Å². The third-order valence-corrected chi connectivity index (χ3v) is 4.89. The van der Waals surface area contributed by atoms with Gasteiger partial charge in [0.25, 0.3) is 0 Å². The van der Waals surface area contributed by atoms with E-state index in [0.717, 1.165) is 38.7 Å². The van der Waals surface area contributed by atoms with E-state index in [4.69, 9.17) is 14.3 Å². The summed E-state index contributed by atoms with van der Waals surface area (Å²) < 4.78 is 11.3. The van der Waals surface area contributed by atoms with Gasteiger partial charge in [-0.05, 0) is 31.6 Å². The number of rotatable bonds is 5. The largest absolute Gasteiger partial charge is 0.481 e. The van der Waals surface area contributed by atoms with Crippen molar-refractivity contribution >= 4 is 5.97 Å². The van der Waals surface area contributed by atoms with Crippen LogP contribution >= 0.6 is 0 Å². The first-order valence-electron chi connectivity index (χ1n) is 7.74. The molecule has 0 amide bonds. The van der Waals surface area contributed by atoms with Crippen molar-refractivity contribution in [2.75, 3.05) is 6.61 Å². The number of carboxylic acids is 1. The molecule has 1 aromatic heterocycles. The first-order chi connectivity index (χ1) is 10.1. The van der Waals surface area contributed by atoms with Crippen molar-refractivity contribution in [1.29, 1.82) is 0 Å². The molecule has 1 aliphatic heterocycles. The van der Waals surface area contributed by atoms with Gasteiger partial charge in [-0.25, -0.2) is 0 Å². The van der Waals surface area contributed by atoms with Gasteiger partial charge in [0.05, 0.1) is 18.4 Å². The molecule has 2 aliphatic rings. The SMILES string of the molecule is CC1OCCC1c1nnc(CC2(CC(=O)O)CCCC2)o1. The second kappa shape index (κ2) is 5.75. The minimum atomic E-state index is -0.741. The van der Waals surface area contributed by atoms with Gasteiger partial charge in [-0.3, -0.25) is 4.79 Å². The van der Waals surface area contributed by atoms with Gasteiger partial charge in [0.1, 0.15) is 0 Å². The van der Waals surface area contributed by atoms with Crippen molar-refractivity contribution in [1.82, 2.24) is 10.2 Å². The third-order valence-electron chi connectivity index (χ3n) is 4.89. The Labute approximate surface area is 123 Å². The van der Waals surface area contributed by atoms with E-state index in [0.29, 0.717) is 18.2 Å². The van der Waals surface area contributed by atoms with Gasteiger partial charge in [0, 0.05) is 13.0 Å². The summed E-state index contributed by atoms with van der Waals surface area (Å²) in [7, 11) is 0. The maximum atomic E-state index is 11.1. The number of carbonyl (C=O) groups is 1. The minimum absolute atomic E-state index is 0.109. The predicted molar refractivity (Wildman–Crippen MR) is 73.9 cm³/mol.